The van der Waals surface area contributed by atoms with E-state index in [4.69, 9.17) is 5.73 Å². The Balaban J connectivity index is 1.54. The number of aliphatic hydroxyl groups is 4. The van der Waals surface area contributed by atoms with Crippen LogP contribution < -0.4 is 85.5 Å². The molecule has 1 fully saturated rings. The number of amides is 16. The average Bonchev–Trinajstić information content (AvgIpc) is 0.834. The van der Waals surface area contributed by atoms with E-state index in [1.54, 1.807) is 50.8 Å². The van der Waals surface area contributed by atoms with Crippen molar-refractivity contribution >= 4 is 112 Å². The number of carboxylic acids is 3. The summed E-state index contributed by atoms with van der Waals surface area (Å²) in [6, 6.07) is -4.28. The summed E-state index contributed by atoms with van der Waals surface area (Å²) in [6.07, 6.45) is -4.97. The molecule has 3 aromatic rings. The number of aliphatic hydroxyl groups excluding tert-OH is 4. The van der Waals surface area contributed by atoms with E-state index < -0.39 is 273 Å². The van der Waals surface area contributed by atoms with Gasteiger partial charge in [-0.2, -0.15) is 0 Å². The number of carbonyl (C=O) groups is 19. The van der Waals surface area contributed by atoms with Crippen LogP contribution in [-0.2, 0) is 110 Å². The number of carboxylic acid groups (broad SMARTS) is 3. The number of phenols is 2. The number of hydrogen-bond donors (Lipinski definition) is 25. The molecular formula is C87H129N17O28. The van der Waals surface area contributed by atoms with Crippen molar-refractivity contribution in [2.24, 2.45) is 17.6 Å². The Morgan fingerprint density at radius 3 is 1.32 bits per heavy atom. The van der Waals surface area contributed by atoms with Crippen molar-refractivity contribution in [2.75, 3.05) is 39.4 Å². The van der Waals surface area contributed by atoms with E-state index in [1.807, 2.05) is 0 Å². The van der Waals surface area contributed by atoms with Crippen LogP contribution in [0.1, 0.15) is 169 Å². The van der Waals surface area contributed by atoms with Crippen molar-refractivity contribution in [3.05, 3.63) is 95.6 Å². The minimum atomic E-state index is -2.23. The summed E-state index contributed by atoms with van der Waals surface area (Å²) in [5.41, 5.74) is 5.28. The second-order valence-corrected chi connectivity index (χ2v) is 33.7. The molecule has 1 aliphatic rings. The Morgan fingerprint density at radius 2 is 0.848 bits per heavy atom. The molecule has 1 heterocycles. The molecule has 26 N–H and O–H groups in total. The monoisotopic (exact) mass is 1860 g/mol. The molecule has 0 saturated carbocycles. The van der Waals surface area contributed by atoms with E-state index in [2.05, 4.69) is 79.8 Å². The first-order valence-electron chi connectivity index (χ1n) is 43.5. The first-order chi connectivity index (χ1) is 62.2. The molecule has 4 rings (SSSR count). The number of aromatic hydroxyl groups is 2. The number of aliphatic carboxylic acids is 3. The van der Waals surface area contributed by atoms with Gasteiger partial charge in [0.15, 0.2) is 0 Å². The van der Waals surface area contributed by atoms with Crippen molar-refractivity contribution in [2.45, 2.75) is 268 Å². The maximum absolute atomic E-state index is 14.7. The first-order valence-corrected chi connectivity index (χ1v) is 43.5. The molecule has 45 heteroatoms. The van der Waals surface area contributed by atoms with Gasteiger partial charge in [0, 0.05) is 69.6 Å². The van der Waals surface area contributed by atoms with Crippen molar-refractivity contribution in [3.63, 3.8) is 0 Å². The van der Waals surface area contributed by atoms with Crippen LogP contribution in [0, 0.1) is 11.8 Å². The highest BCUT2D eigenvalue weighted by Gasteiger charge is 2.41. The van der Waals surface area contributed by atoms with Crippen molar-refractivity contribution < 1.29 is 137 Å². The zero-order valence-corrected chi connectivity index (χ0v) is 75.4. The van der Waals surface area contributed by atoms with Crippen LogP contribution in [0.4, 0.5) is 0 Å². The molecule has 16 amide bonds. The third kappa shape index (κ3) is 40.2. The quantitative estimate of drug-likeness (QED) is 0.0235. The van der Waals surface area contributed by atoms with Gasteiger partial charge >= 0.3 is 17.9 Å². The zero-order valence-electron chi connectivity index (χ0n) is 75.4. The maximum Gasteiger partial charge on any atom is 0.305 e. The van der Waals surface area contributed by atoms with Crippen LogP contribution in [0.15, 0.2) is 78.9 Å². The lowest BCUT2D eigenvalue weighted by atomic mass is 9.96. The number of phenolic OH excluding ortho intramolecular Hbond substituents is 2. The van der Waals surface area contributed by atoms with E-state index in [-0.39, 0.29) is 61.1 Å². The molecular weight excluding hydrogens is 1730 g/mol. The van der Waals surface area contributed by atoms with E-state index in [0.717, 1.165) is 26.7 Å². The molecule has 16 atom stereocenters. The van der Waals surface area contributed by atoms with Crippen molar-refractivity contribution in [1.29, 1.82) is 0 Å². The van der Waals surface area contributed by atoms with Crippen molar-refractivity contribution in [3.8, 4) is 11.5 Å². The second kappa shape index (κ2) is 55.9. The van der Waals surface area contributed by atoms with Gasteiger partial charge in [-0.15, -0.1) is 0 Å². The van der Waals surface area contributed by atoms with Gasteiger partial charge in [0.1, 0.15) is 84.0 Å². The van der Waals surface area contributed by atoms with Gasteiger partial charge in [-0.05, 0) is 132 Å². The predicted octanol–water partition coefficient (Wildman–Crippen LogP) is -4.97. The third-order valence-corrected chi connectivity index (χ3v) is 21.2. The second-order valence-electron chi connectivity index (χ2n) is 33.7. The Bertz CT molecular complexity index is 4430. The van der Waals surface area contributed by atoms with Crippen LogP contribution in [-0.4, -0.2) is 299 Å². The number of nitrogens with two attached hydrogens (primary N) is 1. The van der Waals surface area contributed by atoms with Gasteiger partial charge in [-0.1, -0.05) is 95.1 Å². The topological polar surface area (TPSA) is 716 Å². The minimum Gasteiger partial charge on any atom is -0.508 e. The predicted molar refractivity (Wildman–Crippen MR) is 470 cm³/mol. The molecule has 1 aliphatic heterocycles. The third-order valence-electron chi connectivity index (χ3n) is 21.2. The van der Waals surface area contributed by atoms with Gasteiger partial charge < -0.3 is 136 Å². The Hall–Kier alpha value is -13.0. The summed E-state index contributed by atoms with van der Waals surface area (Å²) >= 11 is 0. The van der Waals surface area contributed by atoms with Crippen LogP contribution in [0.5, 0.6) is 11.5 Å². The number of rotatable bonds is 58. The maximum atomic E-state index is 14.7. The summed E-state index contributed by atoms with van der Waals surface area (Å²) in [6.45, 7) is 10.9. The molecule has 3 aromatic carbocycles. The Kier molecular flexibility index (Phi) is 47.1. The Morgan fingerprint density at radius 1 is 0.432 bits per heavy atom. The largest absolute Gasteiger partial charge is 0.508 e. The highest BCUT2D eigenvalue weighted by Crippen LogP contribution is 2.20. The summed E-state index contributed by atoms with van der Waals surface area (Å²) in [5, 5.41) is 129. The van der Waals surface area contributed by atoms with Gasteiger partial charge in [0.05, 0.1) is 44.8 Å². The van der Waals surface area contributed by atoms with Crippen LogP contribution in [0.25, 0.3) is 0 Å². The lowest BCUT2D eigenvalue weighted by Gasteiger charge is -2.30. The molecule has 0 unspecified atom stereocenters. The number of likely N-dealkylation sites (tertiary alicyclic amines) is 1. The number of unbranched alkanes of at least 4 members (excludes halogenated alkanes) is 1. The number of hydrogen-bond acceptors (Lipinski definition) is 26. The van der Waals surface area contributed by atoms with E-state index >= 15 is 0 Å². The number of nitrogens with zero attached hydrogens (tertiary/aromatic N) is 1. The molecule has 1 saturated heterocycles. The smallest absolute Gasteiger partial charge is 0.305 e. The summed E-state index contributed by atoms with van der Waals surface area (Å²) < 4.78 is 0. The van der Waals surface area contributed by atoms with Crippen LogP contribution in [0.3, 0.4) is 0 Å². The number of nitrogens with one attached hydrogen (secondary N) is 15. The molecule has 730 valence electrons. The molecule has 45 nitrogen and oxygen atoms in total. The Labute approximate surface area is 762 Å². The SMILES string of the molecule is CC[C@H](C)[C@H](NC(=O)[C@H](CO)NC(=O)[C@H](Cc1ccc(O)cc1)NC(=O)[C@H](CC(=O)O)NC(=O)[C@H](CO)NC(=O)[C@@H](NC(=O)[C@H](Cc1ccccc1)NC(=O)[C@@H](NC(=O)CNC(=O)[C@H](CCC(=O)O)NC(=O)CC(C)(C)NC(=O)CCN1CCCCC1=O)[C@@H](C)O)[C@@H](C)O)C(=O)N[C@@H](Cc1ccc(O)cc1)C(=O)N[C@@H](CC(C)C)C(=O)N[C@@H](CC(=O)O)C(=O)N[C@H](C)CCCCN. The summed E-state index contributed by atoms with van der Waals surface area (Å²) in [5.74, 6) is -22.9. The lowest BCUT2D eigenvalue weighted by Crippen LogP contribution is -2.63. The van der Waals surface area contributed by atoms with Gasteiger partial charge in [0.25, 0.3) is 0 Å². The molecule has 0 aromatic heterocycles. The number of carbonyl (C=O) groups excluding carboxylic acids is 16. The average molecular weight is 1860 g/mol. The van der Waals surface area contributed by atoms with Crippen molar-refractivity contribution in [1.82, 2.24) is 84.7 Å². The van der Waals surface area contributed by atoms with E-state index in [9.17, 15) is 137 Å². The zero-order chi connectivity index (χ0) is 98.8. The summed E-state index contributed by atoms with van der Waals surface area (Å²) in [7, 11) is 0. The van der Waals surface area contributed by atoms with Gasteiger partial charge in [0.2, 0.25) is 94.5 Å². The summed E-state index contributed by atoms with van der Waals surface area (Å²) in [4.78, 5) is 260. The van der Waals surface area contributed by atoms with E-state index in [1.165, 1.54) is 81.4 Å². The normalized spacial score (nSPS) is 15.6. The van der Waals surface area contributed by atoms with E-state index in [0.29, 0.717) is 49.9 Å². The highest BCUT2D eigenvalue weighted by atomic mass is 16.4. The fourth-order valence-corrected chi connectivity index (χ4v) is 13.8. The fraction of sp³-hybridized carbons (Fsp3) is 0.575. The molecule has 0 aliphatic carbocycles. The highest BCUT2D eigenvalue weighted by molar-refractivity contribution is 6.01. The lowest BCUT2D eigenvalue weighted by molar-refractivity contribution is -0.142. The van der Waals surface area contributed by atoms with Gasteiger partial charge in [-0.3, -0.25) is 91.1 Å². The molecule has 0 spiro atoms. The number of piperidine rings is 1. The van der Waals surface area contributed by atoms with Gasteiger partial charge in [-0.25, -0.2) is 0 Å². The minimum absolute atomic E-state index is 0.0639. The van der Waals surface area contributed by atoms with Crippen LogP contribution in [0.2, 0.25) is 0 Å². The first kappa shape index (κ1) is 111. The fourth-order valence-electron chi connectivity index (χ4n) is 13.8. The standard InChI is InChI=1S/C87H129N17O28/c1-10-47(4)72(84(130)96-59(39-53-24-28-55(110)29-25-53)78(124)92-57(36-46(2)3)77(123)94-61(40-70(117)118)76(122)90-48(5)18-14-16-33-88)101-83(129)64(45-106)98-79(125)58(38-52-22-26-54(109)27-23-52)93-80(126)62(41-71(119)120)95-82(128)63(44-105)99-86(132)74(50(7)108)102-81(127)60(37-51-19-12-11-13-20-51)97-85(131)73(49(6)107)100-67(113)43-89-75(121)56(30-31-69(115)116)91-66(112)42-87(8,9)103-65(111)32-35-104-34-17-15-21-68(104)114/h11-13,19-20,22-29,46-50,56-64,72-74,105-110H,10,14-18,21,30-45,88H2,1-9H3,(H,89,121)(H,90,122)(H,91,112)(H,92,124)(H,93,126)(H,94,123)(H,95,128)(H,96,130)(H,97,131)(H,98,125)(H,99,132)(H,100,113)(H,101,129)(H,102,127)(H,103,111)(H,115,116)(H,117,118)(H,119,120)/t47-,48+,49+,50+,56-,57-,58-,59-,60-,61-,62-,63-,64-,72-,73-,74-/m0/s1. The van der Waals surface area contributed by atoms with Crippen LogP contribution >= 0.6 is 0 Å². The molecule has 0 radical (unpaired) electrons. The molecule has 0 bridgehead atoms. The molecule has 132 heavy (non-hydrogen) atoms. The number of benzene rings is 3.